The number of hydrogen-bond acceptors (Lipinski definition) is 10. The highest BCUT2D eigenvalue weighted by molar-refractivity contribution is 6.38. The van der Waals surface area contributed by atoms with Crippen molar-refractivity contribution in [3.8, 4) is 5.75 Å². The van der Waals surface area contributed by atoms with E-state index >= 15 is 0 Å². The Bertz CT molecular complexity index is 1620. The van der Waals surface area contributed by atoms with Crippen LogP contribution in [0, 0.1) is 12.3 Å². The fraction of sp³-hybridized carbons (Fsp3) is 0.487. The first-order chi connectivity index (χ1) is 24.7. The van der Waals surface area contributed by atoms with E-state index in [1.54, 1.807) is 44.5 Å². The molecule has 0 unspecified atom stereocenters. The number of carboxylic acids is 1. The molecular weight excluding hydrogens is 670 g/mol. The highest BCUT2D eigenvalue weighted by atomic mass is 16.5. The SMILES string of the molecule is CNCC/C=C/C(=O)OCC(C)(C)C(=O)C(=O)N1CCCC[C@H]1C(=O)O[C@H](CCc1ccc(C)c(OC)c1)c1cccc(NC(=O)CCC(=O)O)c1. The number of piperidine rings is 1. The number of likely N-dealkylation sites (tertiary alicyclic amines) is 1. The van der Waals surface area contributed by atoms with E-state index in [2.05, 4.69) is 10.6 Å². The van der Waals surface area contributed by atoms with Crippen molar-refractivity contribution < 1.29 is 48.1 Å². The lowest BCUT2D eigenvalue weighted by atomic mass is 9.87. The number of nitrogens with zero attached hydrogens (tertiary/aromatic N) is 1. The zero-order chi connectivity index (χ0) is 38.3. The molecule has 0 spiro atoms. The maximum atomic E-state index is 13.9. The molecule has 13 heteroatoms. The van der Waals surface area contributed by atoms with Crippen molar-refractivity contribution >= 4 is 41.2 Å². The van der Waals surface area contributed by atoms with Crippen LogP contribution in [0.3, 0.4) is 0 Å². The van der Waals surface area contributed by atoms with Gasteiger partial charge in [0.25, 0.3) is 5.91 Å². The van der Waals surface area contributed by atoms with E-state index in [4.69, 9.17) is 19.3 Å². The van der Waals surface area contributed by atoms with Crippen LogP contribution in [0.4, 0.5) is 5.69 Å². The summed E-state index contributed by atoms with van der Waals surface area (Å²) in [6.45, 7) is 5.53. The number of methoxy groups -OCH3 is 1. The molecule has 3 N–H and O–H groups in total. The summed E-state index contributed by atoms with van der Waals surface area (Å²) in [5, 5.41) is 14.6. The number of benzene rings is 2. The topological polar surface area (TPSA) is 178 Å². The second-order valence-corrected chi connectivity index (χ2v) is 13.5. The molecule has 0 radical (unpaired) electrons. The Kier molecular flexibility index (Phi) is 16.0. The minimum atomic E-state index is -1.34. The number of Topliss-reactive ketones (excluding diaryl/α,β-unsaturated/α-hetero) is 1. The summed E-state index contributed by atoms with van der Waals surface area (Å²) in [7, 11) is 3.39. The van der Waals surface area contributed by atoms with Gasteiger partial charge in [-0.05, 0) is 108 Å². The fourth-order valence-corrected chi connectivity index (χ4v) is 5.70. The molecule has 0 bridgehead atoms. The number of carboxylic acid groups (broad SMARTS) is 1. The molecule has 2 aromatic carbocycles. The maximum absolute atomic E-state index is 13.9. The van der Waals surface area contributed by atoms with Gasteiger partial charge in [-0.3, -0.25) is 19.2 Å². The number of aryl methyl sites for hydroxylation is 2. The second kappa shape index (κ2) is 20.1. The monoisotopic (exact) mass is 721 g/mol. The van der Waals surface area contributed by atoms with E-state index in [-0.39, 0.29) is 26.0 Å². The number of amides is 2. The van der Waals surface area contributed by atoms with Crippen molar-refractivity contribution in [2.45, 2.75) is 84.3 Å². The summed E-state index contributed by atoms with van der Waals surface area (Å²) in [6.07, 6.45) is 4.61. The minimum absolute atomic E-state index is 0.181. The van der Waals surface area contributed by atoms with E-state index in [0.717, 1.165) is 16.9 Å². The Labute approximate surface area is 305 Å². The van der Waals surface area contributed by atoms with Gasteiger partial charge < -0.3 is 34.9 Å². The third-order valence-corrected chi connectivity index (χ3v) is 8.77. The molecular formula is C39H51N3O10. The molecule has 13 nitrogen and oxygen atoms in total. The number of carbonyl (C=O) groups is 6. The number of rotatable bonds is 19. The molecule has 3 rings (SSSR count). The lowest BCUT2D eigenvalue weighted by Crippen LogP contribution is -2.53. The summed E-state index contributed by atoms with van der Waals surface area (Å²) >= 11 is 0. The molecule has 2 atom stereocenters. The summed E-state index contributed by atoms with van der Waals surface area (Å²) < 4.78 is 16.9. The molecule has 2 aromatic rings. The highest BCUT2D eigenvalue weighted by Gasteiger charge is 2.42. The summed E-state index contributed by atoms with van der Waals surface area (Å²) in [5.74, 6) is -3.76. The number of anilines is 1. The standard InChI is InChI=1S/C39H51N3O10/c1-26-15-16-27(23-32(26)50-5)17-18-31(28-11-10-12-29(24-28)41-33(43)19-20-34(44)45)52-38(49)30-13-7-9-22-42(30)37(48)36(47)39(2,3)25-51-35(46)14-6-8-21-40-4/h6,10-12,14-16,23-24,30-31,40H,7-9,13,17-22,25H2,1-5H3,(H,41,43)(H,44,45)/b14-6+/t30-,31+/m0/s1. The molecule has 0 saturated carbocycles. The number of ketones is 1. The predicted octanol–water partition coefficient (Wildman–Crippen LogP) is 4.71. The number of hydrogen-bond donors (Lipinski definition) is 3. The van der Waals surface area contributed by atoms with Crippen LogP contribution in [-0.2, 0) is 44.7 Å². The van der Waals surface area contributed by atoms with E-state index < -0.39 is 53.1 Å². The van der Waals surface area contributed by atoms with Crippen molar-refractivity contribution in [1.29, 1.82) is 0 Å². The van der Waals surface area contributed by atoms with Crippen molar-refractivity contribution in [1.82, 2.24) is 10.2 Å². The Morgan fingerprint density at radius 1 is 1.06 bits per heavy atom. The Hall–Kier alpha value is -5.04. The summed E-state index contributed by atoms with van der Waals surface area (Å²) in [6, 6.07) is 11.6. The van der Waals surface area contributed by atoms with Crippen molar-refractivity contribution in [3.63, 3.8) is 0 Å². The van der Waals surface area contributed by atoms with Crippen LogP contribution in [0.15, 0.2) is 54.6 Å². The summed E-state index contributed by atoms with van der Waals surface area (Å²) in [5.41, 5.74) is 1.55. The lowest BCUT2D eigenvalue weighted by molar-refractivity contribution is -0.165. The molecule has 1 aliphatic heterocycles. The van der Waals surface area contributed by atoms with Crippen molar-refractivity contribution in [2.24, 2.45) is 5.41 Å². The molecule has 1 aliphatic rings. The molecule has 0 aliphatic carbocycles. The molecule has 282 valence electrons. The van der Waals surface area contributed by atoms with Crippen molar-refractivity contribution in [2.75, 3.05) is 39.2 Å². The van der Waals surface area contributed by atoms with Crippen LogP contribution in [0.25, 0.3) is 0 Å². The Balaban J connectivity index is 1.80. The van der Waals surface area contributed by atoms with E-state index in [9.17, 15) is 28.8 Å². The van der Waals surface area contributed by atoms with Gasteiger partial charge in [0.05, 0.1) is 18.9 Å². The van der Waals surface area contributed by atoms with Gasteiger partial charge in [-0.1, -0.05) is 30.3 Å². The van der Waals surface area contributed by atoms with Crippen LogP contribution in [0.1, 0.15) is 81.6 Å². The Morgan fingerprint density at radius 2 is 1.83 bits per heavy atom. The molecule has 0 aromatic heterocycles. The summed E-state index contributed by atoms with van der Waals surface area (Å²) in [4.78, 5) is 77.9. The normalized spacial score (nSPS) is 15.1. The quantitative estimate of drug-likeness (QED) is 0.0792. The largest absolute Gasteiger partial charge is 0.496 e. The number of aliphatic carboxylic acids is 1. The average Bonchev–Trinajstić information content (AvgIpc) is 3.13. The third kappa shape index (κ3) is 12.6. The van der Waals surface area contributed by atoms with Gasteiger partial charge in [0.1, 0.15) is 24.5 Å². The van der Waals surface area contributed by atoms with Gasteiger partial charge >= 0.3 is 17.9 Å². The Morgan fingerprint density at radius 3 is 2.54 bits per heavy atom. The predicted molar refractivity (Wildman–Crippen MR) is 194 cm³/mol. The fourth-order valence-electron chi connectivity index (χ4n) is 5.70. The maximum Gasteiger partial charge on any atom is 0.330 e. The number of esters is 2. The average molecular weight is 722 g/mol. The van der Waals surface area contributed by atoms with E-state index in [0.29, 0.717) is 56.3 Å². The van der Waals surface area contributed by atoms with Crippen molar-refractivity contribution in [3.05, 3.63) is 71.3 Å². The molecule has 1 heterocycles. The van der Waals surface area contributed by atoms with Crippen LogP contribution < -0.4 is 15.4 Å². The molecule has 1 saturated heterocycles. The molecule has 52 heavy (non-hydrogen) atoms. The van der Waals surface area contributed by atoms with Gasteiger partial charge in [0.15, 0.2) is 0 Å². The van der Waals surface area contributed by atoms with Crippen LogP contribution >= 0.6 is 0 Å². The lowest BCUT2D eigenvalue weighted by Gasteiger charge is -2.36. The van der Waals surface area contributed by atoms with Gasteiger partial charge in [-0.2, -0.15) is 0 Å². The number of carbonyl (C=O) groups excluding carboxylic acids is 5. The van der Waals surface area contributed by atoms with Gasteiger partial charge in [0, 0.05) is 24.7 Å². The first kappa shape index (κ1) is 41.4. The third-order valence-electron chi connectivity index (χ3n) is 8.77. The van der Waals surface area contributed by atoms with E-state index in [1.807, 2.05) is 25.1 Å². The molecule has 2 amide bonds. The van der Waals surface area contributed by atoms with E-state index in [1.165, 1.54) is 24.8 Å². The smallest absolute Gasteiger partial charge is 0.330 e. The van der Waals surface area contributed by atoms with Gasteiger partial charge in [0.2, 0.25) is 11.7 Å². The first-order valence-electron chi connectivity index (χ1n) is 17.5. The zero-order valence-corrected chi connectivity index (χ0v) is 30.7. The first-order valence-corrected chi connectivity index (χ1v) is 17.5. The second-order valence-electron chi connectivity index (χ2n) is 13.5. The van der Waals surface area contributed by atoms with Crippen LogP contribution in [0.2, 0.25) is 0 Å². The number of ether oxygens (including phenoxy) is 3. The number of nitrogens with one attached hydrogen (secondary N) is 2. The molecule has 1 fully saturated rings. The highest BCUT2D eigenvalue weighted by Crippen LogP contribution is 2.30. The van der Waals surface area contributed by atoms with Gasteiger partial charge in [-0.15, -0.1) is 0 Å². The van der Waals surface area contributed by atoms with Crippen LogP contribution in [-0.4, -0.2) is 85.4 Å². The zero-order valence-electron chi connectivity index (χ0n) is 30.7. The van der Waals surface area contributed by atoms with Crippen LogP contribution in [0.5, 0.6) is 5.75 Å². The van der Waals surface area contributed by atoms with Gasteiger partial charge in [-0.25, -0.2) is 9.59 Å². The minimum Gasteiger partial charge on any atom is -0.496 e.